The number of rotatable bonds is 5. The topological polar surface area (TPSA) is 73.6 Å². The van der Waals surface area contributed by atoms with Crippen LogP contribution < -0.4 is 10.1 Å². The van der Waals surface area contributed by atoms with Crippen molar-refractivity contribution in [3.63, 3.8) is 0 Å². The highest BCUT2D eigenvalue weighted by Crippen LogP contribution is 2.31. The number of hydrogen-bond donors (Lipinski definition) is 1. The lowest BCUT2D eigenvalue weighted by atomic mass is 10.1. The summed E-state index contributed by atoms with van der Waals surface area (Å²) in [6, 6.07) is 3.75. The molecule has 1 unspecified atom stereocenters. The summed E-state index contributed by atoms with van der Waals surface area (Å²) in [6.45, 7) is 2.96. The normalized spacial score (nSPS) is 18.5. The van der Waals surface area contributed by atoms with Crippen LogP contribution in [0, 0.1) is 13.8 Å². The molecule has 1 N–H and O–H groups in total. The second-order valence-corrected chi connectivity index (χ2v) is 7.95. The summed E-state index contributed by atoms with van der Waals surface area (Å²) in [4.78, 5) is 17.8. The van der Waals surface area contributed by atoms with Crippen LogP contribution in [0.5, 0.6) is 5.75 Å². The van der Waals surface area contributed by atoms with Crippen molar-refractivity contribution in [2.45, 2.75) is 32.4 Å². The third-order valence-electron chi connectivity index (χ3n) is 4.51. The molecule has 0 radical (unpaired) electrons. The summed E-state index contributed by atoms with van der Waals surface area (Å²) < 4.78 is 43.7. The first-order chi connectivity index (χ1) is 13.3. The van der Waals surface area contributed by atoms with Gasteiger partial charge in [0, 0.05) is 11.6 Å². The van der Waals surface area contributed by atoms with Gasteiger partial charge in [-0.1, -0.05) is 0 Å². The summed E-state index contributed by atoms with van der Waals surface area (Å²) in [6.07, 6.45) is 1.75. The van der Waals surface area contributed by atoms with E-state index in [4.69, 9.17) is 13.9 Å². The first-order valence-electron chi connectivity index (χ1n) is 8.67. The lowest BCUT2D eigenvalue weighted by molar-refractivity contribution is -0.0227. The van der Waals surface area contributed by atoms with Gasteiger partial charge in [0.05, 0.1) is 22.1 Å². The molecule has 1 aliphatic heterocycles. The maximum absolute atomic E-state index is 13.8. The Morgan fingerprint density at radius 2 is 2.25 bits per heavy atom. The maximum atomic E-state index is 13.8. The molecule has 3 heterocycles. The smallest absolute Gasteiger partial charge is 0.292 e. The zero-order valence-corrected chi connectivity index (χ0v) is 16.1. The Kier molecular flexibility index (Phi) is 4.80. The molecule has 0 saturated carbocycles. The molecule has 1 aromatic carbocycles. The predicted octanol–water partition coefficient (Wildman–Crippen LogP) is 3.85. The fraction of sp³-hybridized carbons (Fsp3) is 0.368. The van der Waals surface area contributed by atoms with Crippen molar-refractivity contribution in [3.05, 3.63) is 45.6 Å². The quantitative estimate of drug-likeness (QED) is 0.694. The van der Waals surface area contributed by atoms with Crippen LogP contribution in [0.4, 0.5) is 8.78 Å². The minimum atomic E-state index is -3.09. The zero-order chi connectivity index (χ0) is 19.9. The highest BCUT2D eigenvalue weighted by Gasteiger charge is 2.46. The van der Waals surface area contributed by atoms with E-state index < -0.39 is 24.5 Å². The average molecular weight is 408 g/mol. The number of hydrogen-bond acceptors (Lipinski definition) is 6. The fourth-order valence-electron chi connectivity index (χ4n) is 3.11. The molecule has 148 valence electrons. The average Bonchev–Trinajstić information content (AvgIpc) is 3.29. The van der Waals surface area contributed by atoms with E-state index in [2.05, 4.69) is 10.3 Å². The van der Waals surface area contributed by atoms with E-state index in [0.717, 1.165) is 9.88 Å². The minimum Gasteiger partial charge on any atom is -0.488 e. The Morgan fingerprint density at radius 3 is 2.93 bits per heavy atom. The van der Waals surface area contributed by atoms with Gasteiger partial charge in [0.25, 0.3) is 11.8 Å². The van der Waals surface area contributed by atoms with Crippen molar-refractivity contribution in [2.75, 3.05) is 13.2 Å². The molecule has 0 aliphatic carbocycles. The molecule has 28 heavy (non-hydrogen) atoms. The number of carbonyl (C=O) groups excluding carboxylic acids is 1. The van der Waals surface area contributed by atoms with Crippen molar-refractivity contribution in [2.24, 2.45) is 0 Å². The molecule has 6 nitrogen and oxygen atoms in total. The highest BCUT2D eigenvalue weighted by atomic mass is 32.1. The van der Waals surface area contributed by atoms with Crippen LogP contribution in [-0.4, -0.2) is 36.1 Å². The first kappa shape index (κ1) is 18.8. The lowest BCUT2D eigenvalue weighted by Gasteiger charge is -2.18. The molecule has 2 aromatic heterocycles. The summed E-state index contributed by atoms with van der Waals surface area (Å²) in [7, 11) is 0. The molecule has 1 atom stereocenters. The van der Waals surface area contributed by atoms with E-state index in [-0.39, 0.29) is 12.2 Å². The van der Waals surface area contributed by atoms with Gasteiger partial charge in [-0.2, -0.15) is 0 Å². The molecular weight excluding hydrogens is 390 g/mol. The molecular formula is C19H18F2N2O4S. The summed E-state index contributed by atoms with van der Waals surface area (Å²) in [5.41, 5.74) is 0.704. The molecule has 9 heteroatoms. The van der Waals surface area contributed by atoms with Gasteiger partial charge in [0.2, 0.25) is 0 Å². The Bertz CT molecular complexity index is 1030. The largest absolute Gasteiger partial charge is 0.488 e. The number of fused-ring (bicyclic) bond motifs is 1. The number of nitrogens with one attached hydrogen (secondary N) is 1. The molecule has 4 rings (SSSR count). The van der Waals surface area contributed by atoms with Crippen LogP contribution in [0.2, 0.25) is 0 Å². The number of thiazole rings is 1. The second kappa shape index (κ2) is 7.14. The Labute approximate surface area is 163 Å². The number of benzene rings is 1. The van der Waals surface area contributed by atoms with Crippen LogP contribution in [-0.2, 0) is 11.3 Å². The van der Waals surface area contributed by atoms with E-state index in [9.17, 15) is 13.6 Å². The second-order valence-electron chi connectivity index (χ2n) is 6.63. The number of carbonyl (C=O) groups is 1. The van der Waals surface area contributed by atoms with Gasteiger partial charge < -0.3 is 19.2 Å². The first-order valence-corrected chi connectivity index (χ1v) is 9.49. The van der Waals surface area contributed by atoms with Gasteiger partial charge in [-0.05, 0) is 32.0 Å². The van der Waals surface area contributed by atoms with Gasteiger partial charge in [0.1, 0.15) is 36.3 Å². The molecule has 0 spiro atoms. The van der Waals surface area contributed by atoms with E-state index >= 15 is 0 Å². The van der Waals surface area contributed by atoms with Gasteiger partial charge in [0.15, 0.2) is 0 Å². The summed E-state index contributed by atoms with van der Waals surface area (Å²) >= 11 is 1.54. The molecule has 1 fully saturated rings. The number of nitrogens with zero attached hydrogens (tertiary/aromatic N) is 1. The van der Waals surface area contributed by atoms with E-state index in [1.54, 1.807) is 31.3 Å². The Morgan fingerprint density at radius 1 is 1.43 bits per heavy atom. The number of amides is 1. The van der Waals surface area contributed by atoms with Crippen LogP contribution in [0.25, 0.3) is 11.0 Å². The van der Waals surface area contributed by atoms with Crippen molar-refractivity contribution < 1.29 is 27.5 Å². The van der Waals surface area contributed by atoms with Crippen LogP contribution in [0.3, 0.4) is 0 Å². The number of furan rings is 1. The number of halogens is 2. The predicted molar refractivity (Wildman–Crippen MR) is 99.2 cm³/mol. The summed E-state index contributed by atoms with van der Waals surface area (Å²) in [5.74, 6) is -2.82. The Balaban J connectivity index is 1.57. The lowest BCUT2D eigenvalue weighted by Crippen LogP contribution is -2.46. The summed E-state index contributed by atoms with van der Waals surface area (Å²) in [5, 5.41) is 3.82. The minimum absolute atomic E-state index is 0.219. The van der Waals surface area contributed by atoms with Crippen LogP contribution in [0.1, 0.15) is 26.0 Å². The van der Waals surface area contributed by atoms with Crippen molar-refractivity contribution >= 4 is 28.2 Å². The third kappa shape index (κ3) is 3.59. The van der Waals surface area contributed by atoms with E-state index in [1.807, 2.05) is 6.92 Å². The fourth-order valence-corrected chi connectivity index (χ4v) is 3.82. The SMILES string of the molecule is Cc1ncc(COc2ccc3oc(C)c(C(=O)NC4COCC4(F)F)c3c2)s1. The van der Waals surface area contributed by atoms with Crippen molar-refractivity contribution in [1.82, 2.24) is 10.3 Å². The standard InChI is InChI=1S/C19H18F2N2O4S/c1-10-17(18(24)23-16-8-25-9-19(16,20)21)14-5-12(3-4-15(14)27-10)26-7-13-6-22-11(2)28-13/h3-6,16H,7-9H2,1-2H3,(H,23,24). The van der Waals surface area contributed by atoms with Crippen molar-refractivity contribution in [1.29, 1.82) is 0 Å². The third-order valence-corrected chi connectivity index (χ3v) is 5.39. The van der Waals surface area contributed by atoms with Crippen LogP contribution >= 0.6 is 11.3 Å². The van der Waals surface area contributed by atoms with Gasteiger partial charge in [-0.25, -0.2) is 13.8 Å². The van der Waals surface area contributed by atoms with Gasteiger partial charge in [-0.15, -0.1) is 11.3 Å². The number of aromatic nitrogens is 1. The molecule has 1 amide bonds. The monoisotopic (exact) mass is 408 g/mol. The molecule has 3 aromatic rings. The maximum Gasteiger partial charge on any atom is 0.292 e. The van der Waals surface area contributed by atoms with Crippen molar-refractivity contribution in [3.8, 4) is 5.75 Å². The highest BCUT2D eigenvalue weighted by molar-refractivity contribution is 7.11. The Hall–Kier alpha value is -2.52. The van der Waals surface area contributed by atoms with E-state index in [0.29, 0.717) is 29.1 Å². The van der Waals surface area contributed by atoms with Crippen LogP contribution in [0.15, 0.2) is 28.8 Å². The van der Waals surface area contributed by atoms with Gasteiger partial charge in [-0.3, -0.25) is 4.79 Å². The number of ether oxygens (including phenoxy) is 2. The number of alkyl halides is 2. The number of aryl methyl sites for hydroxylation is 2. The van der Waals surface area contributed by atoms with Gasteiger partial charge >= 0.3 is 0 Å². The molecule has 0 bridgehead atoms. The molecule has 1 aliphatic rings. The zero-order valence-electron chi connectivity index (χ0n) is 15.3. The van der Waals surface area contributed by atoms with E-state index in [1.165, 1.54) is 11.3 Å². The molecule has 1 saturated heterocycles.